The Labute approximate surface area is 187 Å². The van der Waals surface area contributed by atoms with Gasteiger partial charge in [-0.2, -0.15) is 0 Å². The summed E-state index contributed by atoms with van der Waals surface area (Å²) in [7, 11) is 0. The lowest BCUT2D eigenvalue weighted by molar-refractivity contribution is 0.0715. The molecule has 0 radical (unpaired) electrons. The summed E-state index contributed by atoms with van der Waals surface area (Å²) in [6.07, 6.45) is 6.97. The summed E-state index contributed by atoms with van der Waals surface area (Å²) in [6, 6.07) is 10.3. The van der Waals surface area contributed by atoms with E-state index in [9.17, 15) is 4.79 Å². The normalized spacial score (nSPS) is 15.1. The first kappa shape index (κ1) is 19.0. The van der Waals surface area contributed by atoms with E-state index in [4.69, 9.17) is 10.7 Å². The van der Waals surface area contributed by atoms with Crippen molar-refractivity contribution in [1.29, 1.82) is 0 Å². The molecular weight excluding hydrogens is 422 g/mol. The van der Waals surface area contributed by atoms with Crippen LogP contribution in [0.4, 0.5) is 5.82 Å². The largest absolute Gasteiger partial charge is 0.382 e. The zero-order valence-electron chi connectivity index (χ0n) is 17.2. The molecule has 0 spiro atoms. The molecule has 160 valence electrons. The van der Waals surface area contributed by atoms with Gasteiger partial charge >= 0.3 is 0 Å². The molecule has 9 heteroatoms. The highest BCUT2D eigenvalue weighted by atomic mass is 32.1. The Kier molecular flexibility index (Phi) is 4.43. The van der Waals surface area contributed by atoms with Crippen molar-refractivity contribution in [3.8, 4) is 11.4 Å². The number of aromatic amines is 1. The molecule has 0 atom stereocenters. The molecule has 1 amide bonds. The van der Waals surface area contributed by atoms with Crippen molar-refractivity contribution in [2.45, 2.75) is 18.8 Å². The van der Waals surface area contributed by atoms with Gasteiger partial charge in [0.25, 0.3) is 5.91 Å². The van der Waals surface area contributed by atoms with Crippen LogP contribution in [-0.4, -0.2) is 48.2 Å². The van der Waals surface area contributed by atoms with E-state index in [1.54, 1.807) is 17.9 Å². The number of aromatic nitrogens is 5. The lowest BCUT2D eigenvalue weighted by Crippen LogP contribution is -2.37. The molecule has 1 aliphatic heterocycles. The molecule has 0 saturated carbocycles. The number of nitrogens with zero attached hydrogens (tertiary/aromatic N) is 5. The molecule has 5 aromatic rings. The lowest BCUT2D eigenvalue weighted by Gasteiger charge is -2.31. The number of piperidine rings is 1. The van der Waals surface area contributed by atoms with Crippen molar-refractivity contribution in [2.24, 2.45) is 0 Å². The number of benzene rings is 1. The first-order valence-corrected chi connectivity index (χ1v) is 11.5. The van der Waals surface area contributed by atoms with Crippen molar-refractivity contribution >= 4 is 39.5 Å². The minimum absolute atomic E-state index is 0.0612. The van der Waals surface area contributed by atoms with E-state index in [2.05, 4.69) is 37.6 Å². The van der Waals surface area contributed by atoms with Gasteiger partial charge in [0, 0.05) is 42.3 Å². The number of nitrogens with one attached hydrogen (secondary N) is 1. The molecule has 4 aromatic heterocycles. The summed E-state index contributed by atoms with van der Waals surface area (Å²) in [5.41, 5.74) is 11.6. The van der Waals surface area contributed by atoms with E-state index < -0.39 is 0 Å². The monoisotopic (exact) mass is 443 g/mol. The van der Waals surface area contributed by atoms with E-state index in [1.165, 1.54) is 11.3 Å². The predicted octanol–water partition coefficient (Wildman–Crippen LogP) is 3.94. The number of thiazole rings is 1. The molecule has 1 saturated heterocycles. The number of amides is 1. The highest BCUT2D eigenvalue weighted by Gasteiger charge is 2.29. The Hall–Kier alpha value is -3.72. The fourth-order valence-electron chi connectivity index (χ4n) is 4.58. The highest BCUT2D eigenvalue weighted by molar-refractivity contribution is 7.11. The van der Waals surface area contributed by atoms with Crippen LogP contribution in [0.15, 0.2) is 54.4 Å². The molecule has 1 fully saturated rings. The average molecular weight is 444 g/mol. The first-order chi connectivity index (χ1) is 15.7. The number of anilines is 1. The minimum atomic E-state index is 0.0612. The number of imidazole rings is 1. The standard InChI is InChI=1S/C23H21N7OS/c24-21-20-19(17-11-15-3-1-2-4-16(15)27-17)28-22(30(20)10-7-26-21)14-5-8-29(9-6-14)23(31)18-12-25-13-32-18/h1-4,7,10-14,27H,5-6,8-9H2,(H2,24,26). The summed E-state index contributed by atoms with van der Waals surface area (Å²) in [6.45, 7) is 1.39. The minimum Gasteiger partial charge on any atom is -0.382 e. The van der Waals surface area contributed by atoms with Crippen LogP contribution in [0.2, 0.25) is 0 Å². The zero-order chi connectivity index (χ0) is 21.7. The van der Waals surface area contributed by atoms with Gasteiger partial charge in [0.1, 0.15) is 27.7 Å². The molecule has 1 aromatic carbocycles. The molecule has 5 heterocycles. The third kappa shape index (κ3) is 3.04. The Morgan fingerprint density at radius 1 is 1.22 bits per heavy atom. The molecule has 32 heavy (non-hydrogen) atoms. The van der Waals surface area contributed by atoms with Crippen LogP contribution in [0.1, 0.15) is 34.3 Å². The van der Waals surface area contributed by atoms with Gasteiger partial charge < -0.3 is 15.6 Å². The summed E-state index contributed by atoms with van der Waals surface area (Å²) in [4.78, 5) is 32.2. The van der Waals surface area contributed by atoms with Crippen molar-refractivity contribution < 1.29 is 4.79 Å². The number of nitrogen functional groups attached to an aromatic ring is 1. The third-order valence-electron chi connectivity index (χ3n) is 6.19. The van der Waals surface area contributed by atoms with Crippen molar-refractivity contribution in [2.75, 3.05) is 18.8 Å². The zero-order valence-corrected chi connectivity index (χ0v) is 18.0. The maximum Gasteiger partial charge on any atom is 0.265 e. The van der Waals surface area contributed by atoms with Gasteiger partial charge in [0.05, 0.1) is 17.4 Å². The molecule has 0 bridgehead atoms. The lowest BCUT2D eigenvalue weighted by atomic mass is 9.96. The van der Waals surface area contributed by atoms with Crippen molar-refractivity contribution in [1.82, 2.24) is 29.2 Å². The Morgan fingerprint density at radius 2 is 2.06 bits per heavy atom. The average Bonchev–Trinajstić information content (AvgIpc) is 3.57. The number of hydrogen-bond acceptors (Lipinski definition) is 6. The van der Waals surface area contributed by atoms with Gasteiger partial charge in [0.15, 0.2) is 0 Å². The number of carbonyl (C=O) groups is 1. The number of nitrogens with two attached hydrogens (primary N) is 1. The van der Waals surface area contributed by atoms with Gasteiger partial charge in [0.2, 0.25) is 0 Å². The number of likely N-dealkylation sites (tertiary alicyclic amines) is 1. The SMILES string of the molecule is Nc1nccn2c(C3CCN(C(=O)c4cncs4)CC3)nc(-c3cc4ccccc4[nH]3)c12. The summed E-state index contributed by atoms with van der Waals surface area (Å²) >= 11 is 1.38. The molecule has 3 N–H and O–H groups in total. The molecule has 0 unspecified atom stereocenters. The summed E-state index contributed by atoms with van der Waals surface area (Å²) in [5, 5.41) is 1.13. The second-order valence-electron chi connectivity index (χ2n) is 8.05. The number of fused-ring (bicyclic) bond motifs is 2. The van der Waals surface area contributed by atoms with E-state index >= 15 is 0 Å². The van der Waals surface area contributed by atoms with Gasteiger partial charge in [-0.3, -0.25) is 14.2 Å². The second-order valence-corrected chi connectivity index (χ2v) is 8.94. The van der Waals surface area contributed by atoms with Gasteiger partial charge in [-0.15, -0.1) is 11.3 Å². The predicted molar refractivity (Wildman–Crippen MR) is 125 cm³/mol. The van der Waals surface area contributed by atoms with E-state index in [-0.39, 0.29) is 11.8 Å². The number of para-hydroxylation sites is 1. The smallest absolute Gasteiger partial charge is 0.265 e. The quantitative estimate of drug-likeness (QED) is 0.439. The topological polar surface area (TPSA) is 105 Å². The van der Waals surface area contributed by atoms with Gasteiger partial charge in [-0.05, 0) is 25.0 Å². The van der Waals surface area contributed by atoms with Crippen molar-refractivity contribution in [3.05, 3.63) is 65.1 Å². The van der Waals surface area contributed by atoms with E-state index in [1.807, 2.05) is 23.2 Å². The Bertz CT molecular complexity index is 1390. The van der Waals surface area contributed by atoms with Crippen LogP contribution in [-0.2, 0) is 0 Å². The van der Waals surface area contributed by atoms with Gasteiger partial charge in [-0.1, -0.05) is 18.2 Å². The van der Waals surface area contributed by atoms with Gasteiger partial charge in [-0.25, -0.2) is 9.97 Å². The number of rotatable bonds is 3. The summed E-state index contributed by atoms with van der Waals surface area (Å²) < 4.78 is 2.06. The van der Waals surface area contributed by atoms with Crippen LogP contribution < -0.4 is 5.73 Å². The first-order valence-electron chi connectivity index (χ1n) is 10.6. The van der Waals surface area contributed by atoms with Crippen LogP contribution >= 0.6 is 11.3 Å². The van der Waals surface area contributed by atoms with E-state index in [0.29, 0.717) is 23.8 Å². The second kappa shape index (κ2) is 7.45. The number of hydrogen-bond donors (Lipinski definition) is 2. The Morgan fingerprint density at radius 3 is 2.84 bits per heavy atom. The molecular formula is C23H21N7OS. The maximum absolute atomic E-state index is 12.7. The highest BCUT2D eigenvalue weighted by Crippen LogP contribution is 2.35. The van der Waals surface area contributed by atoms with Crippen LogP contribution in [0.5, 0.6) is 0 Å². The maximum atomic E-state index is 12.7. The molecule has 0 aliphatic carbocycles. The fraction of sp³-hybridized carbons (Fsp3) is 0.217. The molecule has 6 rings (SSSR count). The fourth-order valence-corrected chi connectivity index (χ4v) is 5.17. The number of carbonyl (C=O) groups excluding carboxylic acids is 1. The van der Waals surface area contributed by atoms with E-state index in [0.717, 1.165) is 46.5 Å². The summed E-state index contributed by atoms with van der Waals surface area (Å²) in [5.74, 6) is 1.71. The van der Waals surface area contributed by atoms with Crippen LogP contribution in [0.3, 0.4) is 0 Å². The molecule has 1 aliphatic rings. The number of H-pyrrole nitrogens is 1. The van der Waals surface area contributed by atoms with Crippen LogP contribution in [0.25, 0.3) is 27.8 Å². The third-order valence-corrected chi connectivity index (χ3v) is 6.95. The van der Waals surface area contributed by atoms with Crippen molar-refractivity contribution in [3.63, 3.8) is 0 Å². The Balaban J connectivity index is 1.35. The van der Waals surface area contributed by atoms with Crippen LogP contribution in [0, 0.1) is 0 Å². The molecule has 8 nitrogen and oxygen atoms in total.